The van der Waals surface area contributed by atoms with Gasteiger partial charge in [0.1, 0.15) is 17.4 Å². The van der Waals surface area contributed by atoms with Gasteiger partial charge in [0, 0.05) is 24.5 Å². The highest BCUT2D eigenvalue weighted by molar-refractivity contribution is 6.07. The first-order valence-corrected chi connectivity index (χ1v) is 16.4. The highest BCUT2D eigenvalue weighted by atomic mass is 16.5. The summed E-state index contributed by atoms with van der Waals surface area (Å²) in [5.41, 5.74) is -0.0612. The fraction of sp³-hybridized carbons (Fsp3) is 0.359. The molecule has 3 fully saturated rings. The van der Waals surface area contributed by atoms with E-state index in [0.717, 1.165) is 5.56 Å². The molecule has 3 aliphatic rings. The zero-order valence-corrected chi connectivity index (χ0v) is 27.5. The van der Waals surface area contributed by atoms with Crippen LogP contribution in [0.1, 0.15) is 25.3 Å². The van der Waals surface area contributed by atoms with E-state index in [0.29, 0.717) is 36.4 Å². The lowest BCUT2D eigenvalue weighted by atomic mass is 9.66. The summed E-state index contributed by atoms with van der Waals surface area (Å²) >= 11 is 0. The molecule has 0 saturated carbocycles. The number of likely N-dealkylation sites (tertiary alicyclic amines) is 1. The monoisotopic (exact) mass is 649 g/mol. The van der Waals surface area contributed by atoms with Gasteiger partial charge >= 0.3 is 0 Å². The Labute approximate surface area is 282 Å². The van der Waals surface area contributed by atoms with Gasteiger partial charge in [-0.15, -0.1) is 13.2 Å². The van der Waals surface area contributed by atoms with Gasteiger partial charge in [-0.3, -0.25) is 14.4 Å². The second-order valence-corrected chi connectivity index (χ2v) is 13.0. The number of nitrogens with zero attached hydrogens (tertiary/aromatic N) is 3. The molecule has 6 rings (SSSR count). The quantitative estimate of drug-likeness (QED) is 0.267. The summed E-state index contributed by atoms with van der Waals surface area (Å²) in [4.78, 5) is 49.5. The Bertz CT molecular complexity index is 1660. The second-order valence-electron chi connectivity index (χ2n) is 13.0. The molecule has 1 spiro atoms. The topological polar surface area (TPSA) is 99.6 Å². The Morgan fingerprint density at radius 1 is 0.938 bits per heavy atom. The third-order valence-electron chi connectivity index (χ3n) is 10.2. The number of hydrogen-bond donors (Lipinski definition) is 1. The molecule has 3 heterocycles. The first-order chi connectivity index (χ1) is 23.2. The normalized spacial score (nSPS) is 26.1. The first kappa shape index (κ1) is 33.2. The van der Waals surface area contributed by atoms with E-state index in [9.17, 15) is 14.7 Å². The summed E-state index contributed by atoms with van der Waals surface area (Å²) in [6.45, 7) is 9.72. The van der Waals surface area contributed by atoms with Gasteiger partial charge in [-0.25, -0.2) is 0 Å². The van der Waals surface area contributed by atoms with Crippen molar-refractivity contribution in [3.63, 3.8) is 0 Å². The van der Waals surface area contributed by atoms with Crippen LogP contribution in [0.3, 0.4) is 0 Å². The van der Waals surface area contributed by atoms with Gasteiger partial charge in [0.05, 0.1) is 37.2 Å². The van der Waals surface area contributed by atoms with Crippen LogP contribution in [-0.4, -0.2) is 77.8 Å². The van der Waals surface area contributed by atoms with Crippen LogP contribution >= 0.6 is 0 Å². The van der Waals surface area contributed by atoms with Crippen LogP contribution in [0, 0.1) is 11.8 Å². The van der Waals surface area contributed by atoms with E-state index in [1.165, 1.54) is 4.90 Å². The lowest BCUT2D eigenvalue weighted by Crippen LogP contribution is -2.59. The molecule has 3 aromatic carbocycles. The van der Waals surface area contributed by atoms with Gasteiger partial charge in [0.2, 0.25) is 11.8 Å². The minimum atomic E-state index is -1.28. The van der Waals surface area contributed by atoms with Crippen LogP contribution in [0.5, 0.6) is 5.75 Å². The summed E-state index contributed by atoms with van der Waals surface area (Å²) in [6.07, 6.45) is 4.53. The maximum atomic E-state index is 15.1. The Morgan fingerprint density at radius 3 is 2.10 bits per heavy atom. The number of para-hydroxylation sites is 1. The highest BCUT2D eigenvalue weighted by Gasteiger charge is 2.79. The summed E-state index contributed by atoms with van der Waals surface area (Å²) in [5, 5.41) is 10.9. The molecule has 0 radical (unpaired) electrons. The van der Waals surface area contributed by atoms with E-state index in [-0.39, 0.29) is 37.4 Å². The molecule has 9 heteroatoms. The number of hydrogen-bond acceptors (Lipinski definition) is 6. The molecular formula is C39H43N3O6. The molecule has 9 nitrogen and oxygen atoms in total. The molecule has 2 bridgehead atoms. The Morgan fingerprint density at radius 2 is 1.52 bits per heavy atom. The van der Waals surface area contributed by atoms with E-state index >= 15 is 4.79 Å². The zero-order valence-electron chi connectivity index (χ0n) is 27.5. The number of fused-ring (bicyclic) bond motifs is 1. The van der Waals surface area contributed by atoms with Crippen molar-refractivity contribution >= 4 is 29.1 Å². The van der Waals surface area contributed by atoms with Crippen LogP contribution in [0.25, 0.3) is 0 Å². The van der Waals surface area contributed by atoms with Gasteiger partial charge in [-0.1, -0.05) is 60.7 Å². The van der Waals surface area contributed by atoms with E-state index in [1.54, 1.807) is 53.3 Å². The van der Waals surface area contributed by atoms with Crippen molar-refractivity contribution in [2.45, 2.75) is 49.5 Å². The van der Waals surface area contributed by atoms with Crippen LogP contribution in [0.2, 0.25) is 0 Å². The number of benzene rings is 3. The van der Waals surface area contributed by atoms with Crippen LogP contribution in [0.15, 0.2) is 110 Å². The van der Waals surface area contributed by atoms with Gasteiger partial charge < -0.3 is 29.3 Å². The van der Waals surface area contributed by atoms with E-state index in [2.05, 4.69) is 13.2 Å². The predicted molar refractivity (Wildman–Crippen MR) is 185 cm³/mol. The number of carbonyl (C=O) groups excluding carboxylic acids is 3. The average molecular weight is 650 g/mol. The van der Waals surface area contributed by atoms with Crippen molar-refractivity contribution in [3.8, 4) is 5.75 Å². The van der Waals surface area contributed by atoms with Crippen molar-refractivity contribution < 1.29 is 29.0 Å². The Balaban J connectivity index is 1.47. The van der Waals surface area contributed by atoms with Crippen molar-refractivity contribution in [1.82, 2.24) is 4.90 Å². The second kappa shape index (κ2) is 13.4. The van der Waals surface area contributed by atoms with Gasteiger partial charge in [0.15, 0.2) is 0 Å². The largest absolute Gasteiger partial charge is 0.497 e. The summed E-state index contributed by atoms with van der Waals surface area (Å²) in [6, 6.07) is 24.2. The van der Waals surface area contributed by atoms with Gasteiger partial charge in [0.25, 0.3) is 5.91 Å². The zero-order chi connectivity index (χ0) is 34.1. The first-order valence-electron chi connectivity index (χ1n) is 16.4. The number of rotatable bonds is 13. The Hall–Kier alpha value is -4.73. The lowest BCUT2D eigenvalue weighted by molar-refractivity contribution is -0.148. The number of anilines is 2. The van der Waals surface area contributed by atoms with Crippen molar-refractivity contribution in [3.05, 3.63) is 116 Å². The third kappa shape index (κ3) is 5.50. The third-order valence-corrected chi connectivity index (χ3v) is 10.2. The summed E-state index contributed by atoms with van der Waals surface area (Å²) in [5.74, 6) is -2.11. The number of ether oxygens (including phenoxy) is 2. The van der Waals surface area contributed by atoms with Crippen molar-refractivity contribution in [2.24, 2.45) is 11.8 Å². The number of carbonyl (C=O) groups is 3. The van der Waals surface area contributed by atoms with E-state index in [1.807, 2.05) is 67.6 Å². The van der Waals surface area contributed by atoms with Crippen molar-refractivity contribution in [1.29, 1.82) is 0 Å². The van der Waals surface area contributed by atoms with Crippen LogP contribution in [-0.2, 0) is 25.5 Å². The number of methoxy groups -OCH3 is 1. The van der Waals surface area contributed by atoms with Gasteiger partial charge in [-0.2, -0.15) is 0 Å². The highest BCUT2D eigenvalue weighted by Crippen LogP contribution is 2.64. The molecule has 250 valence electrons. The van der Waals surface area contributed by atoms with Gasteiger partial charge in [-0.05, 0) is 68.1 Å². The molecule has 0 aromatic heterocycles. The average Bonchev–Trinajstić information content (AvgIpc) is 3.69. The maximum Gasteiger partial charge on any atom is 0.253 e. The maximum absolute atomic E-state index is 15.1. The Kier molecular flexibility index (Phi) is 9.27. The minimum absolute atomic E-state index is 0.174. The summed E-state index contributed by atoms with van der Waals surface area (Å²) < 4.78 is 12.3. The number of aliphatic hydroxyl groups is 1. The minimum Gasteiger partial charge on any atom is -0.497 e. The molecule has 48 heavy (non-hydrogen) atoms. The molecule has 1 N–H and O–H groups in total. The fourth-order valence-corrected chi connectivity index (χ4v) is 8.14. The fourth-order valence-electron chi connectivity index (χ4n) is 8.14. The molecule has 0 aliphatic carbocycles. The molecule has 3 aliphatic heterocycles. The molecule has 2 unspecified atom stereocenters. The number of amides is 3. The molecule has 3 aromatic rings. The standard InChI is InChI=1S/C39H43N3O6/c1-5-23-40(28-15-11-8-12-16-28)35(44)32-33-36(45)42(30(26-43)25-27-13-9-7-10-14-27)34(39(33)22-21-38(32,3)48-39)37(46)41(24-6-2)29-17-19-31(47-4)20-18-29/h5-20,30,32-34,43H,1-2,21-26H2,3-4H3/t30-,32+,33+,34?,38-,39?/m1/s1. The smallest absolute Gasteiger partial charge is 0.253 e. The van der Waals surface area contributed by atoms with E-state index in [4.69, 9.17) is 9.47 Å². The lowest BCUT2D eigenvalue weighted by Gasteiger charge is -2.39. The molecule has 3 saturated heterocycles. The molecule has 6 atom stereocenters. The molecular weight excluding hydrogens is 606 g/mol. The SMILES string of the molecule is C=CCN(C(=O)C1N([C@@H](CO)Cc2ccccc2)C(=O)[C@@H]2[C@@H](C(=O)N(CC=C)c3ccccc3)[C@@]3(C)CCC12O3)c1ccc(OC)cc1. The van der Waals surface area contributed by atoms with Crippen LogP contribution in [0.4, 0.5) is 11.4 Å². The van der Waals surface area contributed by atoms with E-state index < -0.39 is 35.1 Å². The molecule has 3 amide bonds. The van der Waals surface area contributed by atoms with Crippen LogP contribution < -0.4 is 14.5 Å². The predicted octanol–water partition coefficient (Wildman–Crippen LogP) is 4.80. The van der Waals surface area contributed by atoms with Crippen molar-refractivity contribution in [2.75, 3.05) is 36.6 Å². The summed E-state index contributed by atoms with van der Waals surface area (Å²) in [7, 11) is 1.57. The number of aliphatic hydroxyl groups excluding tert-OH is 1.